The second-order valence-corrected chi connectivity index (χ2v) is 6.52. The predicted octanol–water partition coefficient (Wildman–Crippen LogP) is 4.22. The van der Waals surface area contributed by atoms with Crippen molar-refractivity contribution >= 4 is 34.8 Å². The van der Waals surface area contributed by atoms with E-state index in [4.69, 9.17) is 27.9 Å². The molecule has 0 radical (unpaired) electrons. The molecule has 0 aliphatic carbocycles. The lowest BCUT2D eigenvalue weighted by atomic mass is 10.1. The van der Waals surface area contributed by atoms with Crippen LogP contribution in [0.25, 0.3) is 0 Å². The number of anilines is 1. The van der Waals surface area contributed by atoms with Gasteiger partial charge in [0.25, 0.3) is 5.91 Å². The summed E-state index contributed by atoms with van der Waals surface area (Å²) in [6.45, 7) is 3.62. The zero-order chi connectivity index (χ0) is 17.1. The van der Waals surface area contributed by atoms with Gasteiger partial charge in [-0.25, -0.2) is 0 Å². The fourth-order valence-electron chi connectivity index (χ4n) is 2.70. The lowest BCUT2D eigenvalue weighted by Gasteiger charge is -2.25. The zero-order valence-electron chi connectivity index (χ0n) is 13.3. The molecule has 1 amide bonds. The van der Waals surface area contributed by atoms with E-state index in [0.717, 1.165) is 11.3 Å². The lowest BCUT2D eigenvalue weighted by molar-refractivity contribution is -0.138. The van der Waals surface area contributed by atoms with Crippen LogP contribution in [0.1, 0.15) is 12.5 Å². The summed E-state index contributed by atoms with van der Waals surface area (Å²) in [5.74, 6) is 0.384. The maximum Gasteiger partial charge on any atom is 0.263 e. The van der Waals surface area contributed by atoms with Crippen LogP contribution in [0.15, 0.2) is 42.5 Å². The first-order chi connectivity index (χ1) is 11.5. The summed E-state index contributed by atoms with van der Waals surface area (Å²) in [7, 11) is 0. The molecular formula is C18H18Cl2N2O2. The molecule has 1 heterocycles. The van der Waals surface area contributed by atoms with Gasteiger partial charge in [0.05, 0.1) is 5.02 Å². The highest BCUT2D eigenvalue weighted by Gasteiger charge is 2.25. The Kier molecular flexibility index (Phi) is 5.17. The number of carbonyl (C=O) groups excluding carboxylic acids is 1. The third-order valence-electron chi connectivity index (χ3n) is 3.93. The first kappa shape index (κ1) is 16.9. The summed E-state index contributed by atoms with van der Waals surface area (Å²) in [5.41, 5.74) is 2.17. The van der Waals surface area contributed by atoms with Crippen molar-refractivity contribution in [2.24, 2.45) is 0 Å². The molecule has 0 bridgehead atoms. The molecule has 1 unspecified atom stereocenters. The van der Waals surface area contributed by atoms with Gasteiger partial charge in [-0.3, -0.25) is 4.79 Å². The van der Waals surface area contributed by atoms with Crippen molar-refractivity contribution in [1.82, 2.24) is 4.90 Å². The molecule has 0 aromatic heterocycles. The van der Waals surface area contributed by atoms with Crippen molar-refractivity contribution in [1.29, 1.82) is 0 Å². The third-order valence-corrected chi connectivity index (χ3v) is 4.46. The van der Waals surface area contributed by atoms with Crippen LogP contribution < -0.4 is 10.1 Å². The average molecular weight is 365 g/mol. The maximum absolute atomic E-state index is 12.7. The van der Waals surface area contributed by atoms with E-state index in [1.54, 1.807) is 30.0 Å². The number of nitrogens with one attached hydrogen (secondary N) is 1. The molecule has 3 rings (SSSR count). The summed E-state index contributed by atoms with van der Waals surface area (Å²) >= 11 is 12.0. The van der Waals surface area contributed by atoms with E-state index in [1.807, 2.05) is 24.3 Å². The Balaban J connectivity index is 1.71. The van der Waals surface area contributed by atoms with Crippen LogP contribution in [-0.4, -0.2) is 30.0 Å². The summed E-state index contributed by atoms with van der Waals surface area (Å²) in [6.07, 6.45) is -0.631. The molecule has 0 spiro atoms. The number of rotatable bonds is 3. The van der Waals surface area contributed by atoms with Gasteiger partial charge in [-0.2, -0.15) is 0 Å². The van der Waals surface area contributed by atoms with E-state index in [-0.39, 0.29) is 5.91 Å². The minimum Gasteiger partial charge on any atom is -0.479 e. The minimum absolute atomic E-state index is 0.0699. The topological polar surface area (TPSA) is 41.6 Å². The Morgan fingerprint density at radius 3 is 2.83 bits per heavy atom. The van der Waals surface area contributed by atoms with Crippen molar-refractivity contribution in [3.8, 4) is 5.75 Å². The highest BCUT2D eigenvalue weighted by Crippen LogP contribution is 2.29. The number of fused-ring (bicyclic) bond motifs is 1. The van der Waals surface area contributed by atoms with Gasteiger partial charge < -0.3 is 15.0 Å². The van der Waals surface area contributed by atoms with Gasteiger partial charge in [0.15, 0.2) is 6.10 Å². The van der Waals surface area contributed by atoms with Crippen LogP contribution in [0.3, 0.4) is 0 Å². The molecule has 0 fully saturated rings. The Morgan fingerprint density at radius 1 is 1.25 bits per heavy atom. The van der Waals surface area contributed by atoms with Crippen LogP contribution in [-0.2, 0) is 11.3 Å². The monoisotopic (exact) mass is 364 g/mol. The van der Waals surface area contributed by atoms with Crippen LogP contribution in [0.2, 0.25) is 10.0 Å². The molecule has 24 heavy (non-hydrogen) atoms. The second-order valence-electron chi connectivity index (χ2n) is 5.68. The number of carbonyl (C=O) groups is 1. The van der Waals surface area contributed by atoms with Crippen molar-refractivity contribution in [3.63, 3.8) is 0 Å². The predicted molar refractivity (Wildman–Crippen MR) is 96.9 cm³/mol. The molecule has 1 N–H and O–H groups in total. The number of nitrogens with zero attached hydrogens (tertiary/aromatic N) is 1. The smallest absolute Gasteiger partial charge is 0.263 e. The fraction of sp³-hybridized carbons (Fsp3) is 0.278. The van der Waals surface area contributed by atoms with Crippen LogP contribution >= 0.6 is 23.2 Å². The molecule has 0 saturated carbocycles. The second kappa shape index (κ2) is 7.32. The minimum atomic E-state index is -0.631. The van der Waals surface area contributed by atoms with E-state index in [0.29, 0.717) is 35.4 Å². The van der Waals surface area contributed by atoms with Gasteiger partial charge in [0.1, 0.15) is 5.75 Å². The molecular weight excluding hydrogens is 347 g/mol. The number of hydrogen-bond acceptors (Lipinski definition) is 3. The fourth-order valence-corrected chi connectivity index (χ4v) is 3.15. The van der Waals surface area contributed by atoms with Gasteiger partial charge in [0.2, 0.25) is 0 Å². The van der Waals surface area contributed by atoms with E-state index < -0.39 is 6.10 Å². The van der Waals surface area contributed by atoms with Crippen LogP contribution in [0, 0.1) is 0 Å². The molecule has 2 aromatic carbocycles. The molecule has 126 valence electrons. The number of amides is 1. The summed E-state index contributed by atoms with van der Waals surface area (Å²) in [4.78, 5) is 14.5. The van der Waals surface area contributed by atoms with E-state index in [9.17, 15) is 4.79 Å². The number of para-hydroxylation sites is 1. The molecule has 1 aliphatic rings. The van der Waals surface area contributed by atoms with Gasteiger partial charge >= 0.3 is 0 Å². The Labute approximate surface area is 151 Å². The maximum atomic E-state index is 12.7. The van der Waals surface area contributed by atoms with E-state index in [2.05, 4.69) is 5.32 Å². The van der Waals surface area contributed by atoms with Gasteiger partial charge in [-0.15, -0.1) is 0 Å². The Hall–Kier alpha value is -1.91. The highest BCUT2D eigenvalue weighted by atomic mass is 35.5. The van der Waals surface area contributed by atoms with Crippen molar-refractivity contribution in [2.45, 2.75) is 19.6 Å². The summed E-state index contributed by atoms with van der Waals surface area (Å²) < 4.78 is 5.74. The number of benzene rings is 2. The SMILES string of the molecule is CC(Oc1ccc(Cl)cc1Cl)C(=O)N1CCNc2ccccc2C1. The van der Waals surface area contributed by atoms with Gasteiger partial charge in [-0.1, -0.05) is 41.4 Å². The quantitative estimate of drug-likeness (QED) is 0.886. The molecule has 1 aliphatic heterocycles. The van der Waals surface area contributed by atoms with Crippen molar-refractivity contribution in [3.05, 3.63) is 58.1 Å². The van der Waals surface area contributed by atoms with E-state index >= 15 is 0 Å². The van der Waals surface area contributed by atoms with Gasteiger partial charge in [-0.05, 0) is 36.8 Å². The van der Waals surface area contributed by atoms with E-state index in [1.165, 1.54) is 0 Å². The standard InChI is InChI=1S/C18H18Cl2N2O2/c1-12(24-17-7-6-14(19)10-15(17)20)18(23)22-9-8-21-16-5-3-2-4-13(16)11-22/h2-7,10,12,21H,8-9,11H2,1H3. The highest BCUT2D eigenvalue weighted by molar-refractivity contribution is 6.35. The lowest BCUT2D eigenvalue weighted by Crippen LogP contribution is -2.41. The molecule has 2 aromatic rings. The Bertz CT molecular complexity index is 752. The number of hydrogen-bond donors (Lipinski definition) is 1. The molecule has 4 nitrogen and oxygen atoms in total. The van der Waals surface area contributed by atoms with Crippen LogP contribution in [0.5, 0.6) is 5.75 Å². The third kappa shape index (κ3) is 3.77. The summed E-state index contributed by atoms with van der Waals surface area (Å²) in [6, 6.07) is 13.0. The molecule has 6 heteroatoms. The summed E-state index contributed by atoms with van der Waals surface area (Å²) in [5, 5.41) is 4.27. The molecule has 0 saturated heterocycles. The zero-order valence-corrected chi connectivity index (χ0v) is 14.8. The molecule has 1 atom stereocenters. The first-order valence-corrected chi connectivity index (χ1v) is 8.52. The van der Waals surface area contributed by atoms with Crippen molar-refractivity contribution in [2.75, 3.05) is 18.4 Å². The first-order valence-electron chi connectivity index (χ1n) is 7.77. The average Bonchev–Trinajstić information content (AvgIpc) is 2.79. The number of ether oxygens (including phenoxy) is 1. The number of halogens is 2. The normalized spacial score (nSPS) is 15.0. The largest absolute Gasteiger partial charge is 0.479 e. The van der Waals surface area contributed by atoms with Crippen molar-refractivity contribution < 1.29 is 9.53 Å². The van der Waals surface area contributed by atoms with Crippen LogP contribution in [0.4, 0.5) is 5.69 Å². The Morgan fingerprint density at radius 2 is 2.04 bits per heavy atom. The van der Waals surface area contributed by atoms with Gasteiger partial charge in [0, 0.05) is 30.3 Å².